The number of aliphatic hydroxyl groups is 1. The van der Waals surface area contributed by atoms with E-state index in [4.69, 9.17) is 0 Å². The number of nitrogens with zero attached hydrogens (tertiary/aromatic N) is 1. The zero-order chi connectivity index (χ0) is 8.39. The van der Waals surface area contributed by atoms with Crippen LogP contribution in [0.2, 0.25) is 0 Å². The Balaban J connectivity index is 2.11. The first-order valence-corrected chi connectivity index (χ1v) is 5.29. The van der Waals surface area contributed by atoms with Crippen LogP contribution in [0.5, 0.6) is 0 Å². The predicted octanol–water partition coefficient (Wildman–Crippen LogP) is 2.16. The van der Waals surface area contributed by atoms with E-state index in [0.29, 0.717) is 5.92 Å². The zero-order valence-electron chi connectivity index (χ0n) is 6.94. The molecule has 0 aromatic carbocycles. The highest BCUT2D eigenvalue weighted by molar-refractivity contribution is 7.03. The highest BCUT2D eigenvalue weighted by Crippen LogP contribution is 2.33. The number of aromatic nitrogens is 1. The third kappa shape index (κ3) is 1.52. The SMILES string of the molecule is O[C@@H]1CCCC[C@H]1c1cnsc1. The second kappa shape index (κ2) is 3.54. The molecule has 2 atom stereocenters. The van der Waals surface area contributed by atoms with Crippen molar-refractivity contribution in [2.24, 2.45) is 0 Å². The Morgan fingerprint density at radius 3 is 2.92 bits per heavy atom. The van der Waals surface area contributed by atoms with Gasteiger partial charge in [-0.25, -0.2) is 4.37 Å². The molecule has 1 N–H and O–H groups in total. The van der Waals surface area contributed by atoms with E-state index in [1.54, 1.807) is 0 Å². The van der Waals surface area contributed by atoms with Crippen molar-refractivity contribution in [2.45, 2.75) is 37.7 Å². The molecule has 1 fully saturated rings. The van der Waals surface area contributed by atoms with Crippen LogP contribution in [-0.4, -0.2) is 15.6 Å². The quantitative estimate of drug-likeness (QED) is 0.723. The summed E-state index contributed by atoms with van der Waals surface area (Å²) in [5, 5.41) is 11.8. The summed E-state index contributed by atoms with van der Waals surface area (Å²) in [4.78, 5) is 0. The van der Waals surface area contributed by atoms with Crippen LogP contribution in [0.25, 0.3) is 0 Å². The molecule has 0 radical (unpaired) electrons. The monoisotopic (exact) mass is 183 g/mol. The minimum Gasteiger partial charge on any atom is -0.392 e. The third-order valence-corrected chi connectivity index (χ3v) is 3.21. The summed E-state index contributed by atoms with van der Waals surface area (Å²) in [6.45, 7) is 0. The van der Waals surface area contributed by atoms with Gasteiger partial charge in [-0.2, -0.15) is 0 Å². The zero-order valence-corrected chi connectivity index (χ0v) is 7.76. The molecule has 66 valence electrons. The van der Waals surface area contributed by atoms with Crippen LogP contribution in [-0.2, 0) is 0 Å². The Morgan fingerprint density at radius 1 is 1.42 bits per heavy atom. The highest BCUT2D eigenvalue weighted by Gasteiger charge is 2.24. The van der Waals surface area contributed by atoms with Crippen molar-refractivity contribution in [1.29, 1.82) is 0 Å². The fourth-order valence-corrected chi connectivity index (χ4v) is 2.50. The van der Waals surface area contributed by atoms with Crippen LogP contribution in [0.4, 0.5) is 0 Å². The maximum atomic E-state index is 9.72. The number of hydrogen-bond donors (Lipinski definition) is 1. The van der Waals surface area contributed by atoms with Gasteiger partial charge in [0.1, 0.15) is 0 Å². The average molecular weight is 183 g/mol. The topological polar surface area (TPSA) is 33.1 Å². The van der Waals surface area contributed by atoms with Crippen LogP contribution in [0.15, 0.2) is 11.6 Å². The van der Waals surface area contributed by atoms with E-state index in [9.17, 15) is 5.11 Å². The molecule has 1 aliphatic carbocycles. The van der Waals surface area contributed by atoms with Crippen LogP contribution < -0.4 is 0 Å². The number of aliphatic hydroxyl groups excluding tert-OH is 1. The van der Waals surface area contributed by atoms with Crippen molar-refractivity contribution < 1.29 is 5.11 Å². The minimum absolute atomic E-state index is 0.129. The van der Waals surface area contributed by atoms with Gasteiger partial charge in [-0.3, -0.25) is 0 Å². The van der Waals surface area contributed by atoms with Crippen molar-refractivity contribution in [3.8, 4) is 0 Å². The van der Waals surface area contributed by atoms with Crippen LogP contribution in [0, 0.1) is 0 Å². The van der Waals surface area contributed by atoms with Crippen LogP contribution in [0.3, 0.4) is 0 Å². The maximum Gasteiger partial charge on any atom is 0.0609 e. The Hall–Kier alpha value is -0.410. The van der Waals surface area contributed by atoms with E-state index in [0.717, 1.165) is 12.8 Å². The molecule has 0 saturated heterocycles. The molecule has 2 rings (SSSR count). The molecule has 1 aromatic heterocycles. The van der Waals surface area contributed by atoms with E-state index < -0.39 is 0 Å². The summed E-state index contributed by atoms with van der Waals surface area (Å²) >= 11 is 1.47. The molecule has 1 aliphatic rings. The standard InChI is InChI=1S/C9H13NOS/c11-9-4-2-1-3-8(9)7-5-10-12-6-7/h5-6,8-9,11H,1-4H2/t8-,9+/m0/s1. The van der Waals surface area contributed by atoms with Gasteiger partial charge in [-0.05, 0) is 29.9 Å². The van der Waals surface area contributed by atoms with Gasteiger partial charge in [-0.15, -0.1) is 0 Å². The first-order valence-electron chi connectivity index (χ1n) is 4.45. The van der Waals surface area contributed by atoms with Crippen molar-refractivity contribution in [3.05, 3.63) is 17.1 Å². The third-order valence-electron chi connectivity index (χ3n) is 2.61. The summed E-state index contributed by atoms with van der Waals surface area (Å²) in [6, 6.07) is 0. The lowest BCUT2D eigenvalue weighted by Crippen LogP contribution is -2.21. The summed E-state index contributed by atoms with van der Waals surface area (Å²) in [7, 11) is 0. The van der Waals surface area contributed by atoms with Gasteiger partial charge in [0.05, 0.1) is 6.10 Å². The van der Waals surface area contributed by atoms with Crippen LogP contribution >= 0.6 is 11.5 Å². The van der Waals surface area contributed by atoms with E-state index >= 15 is 0 Å². The Labute approximate surface area is 76.4 Å². The van der Waals surface area contributed by atoms with Gasteiger partial charge < -0.3 is 5.11 Å². The fraction of sp³-hybridized carbons (Fsp3) is 0.667. The van der Waals surface area contributed by atoms with Gasteiger partial charge in [0.2, 0.25) is 0 Å². The van der Waals surface area contributed by atoms with Gasteiger partial charge >= 0.3 is 0 Å². The second-order valence-electron chi connectivity index (χ2n) is 3.42. The average Bonchev–Trinajstić information content (AvgIpc) is 2.57. The molecule has 1 aromatic rings. The lowest BCUT2D eigenvalue weighted by molar-refractivity contribution is 0.106. The molecule has 1 heterocycles. The second-order valence-corrected chi connectivity index (χ2v) is 4.07. The van der Waals surface area contributed by atoms with Gasteiger partial charge in [0.15, 0.2) is 0 Å². The molecular weight excluding hydrogens is 170 g/mol. The van der Waals surface area contributed by atoms with E-state index in [-0.39, 0.29) is 6.10 Å². The summed E-state index contributed by atoms with van der Waals surface area (Å²) in [6.07, 6.45) is 6.27. The molecule has 0 spiro atoms. The molecule has 0 aliphatic heterocycles. The minimum atomic E-state index is -0.129. The van der Waals surface area contributed by atoms with E-state index in [1.807, 2.05) is 6.20 Å². The Kier molecular flexibility index (Phi) is 2.42. The molecule has 3 heteroatoms. The summed E-state index contributed by atoms with van der Waals surface area (Å²) < 4.78 is 4.06. The predicted molar refractivity (Wildman–Crippen MR) is 49.3 cm³/mol. The van der Waals surface area contributed by atoms with E-state index in [1.165, 1.54) is 29.9 Å². The maximum absolute atomic E-state index is 9.72. The lowest BCUT2D eigenvalue weighted by Gasteiger charge is -2.26. The van der Waals surface area contributed by atoms with Gasteiger partial charge in [-0.1, -0.05) is 12.8 Å². The normalized spacial score (nSPS) is 30.4. The molecule has 1 saturated carbocycles. The smallest absolute Gasteiger partial charge is 0.0609 e. The first-order chi connectivity index (χ1) is 5.88. The lowest BCUT2D eigenvalue weighted by atomic mass is 9.83. The Morgan fingerprint density at radius 2 is 2.25 bits per heavy atom. The van der Waals surface area contributed by atoms with E-state index in [2.05, 4.69) is 9.75 Å². The molecule has 0 amide bonds. The van der Waals surface area contributed by atoms with Gasteiger partial charge in [0.25, 0.3) is 0 Å². The summed E-state index contributed by atoms with van der Waals surface area (Å²) in [5.41, 5.74) is 1.23. The number of rotatable bonds is 1. The van der Waals surface area contributed by atoms with Crippen molar-refractivity contribution in [3.63, 3.8) is 0 Å². The molecule has 0 bridgehead atoms. The molecule has 12 heavy (non-hydrogen) atoms. The van der Waals surface area contributed by atoms with Crippen molar-refractivity contribution >= 4 is 11.5 Å². The summed E-state index contributed by atoms with van der Waals surface area (Å²) in [5.74, 6) is 0.359. The molecular formula is C9H13NOS. The van der Waals surface area contributed by atoms with Crippen LogP contribution in [0.1, 0.15) is 37.2 Å². The highest BCUT2D eigenvalue weighted by atomic mass is 32.1. The van der Waals surface area contributed by atoms with Crippen molar-refractivity contribution in [2.75, 3.05) is 0 Å². The molecule has 0 unspecified atom stereocenters. The molecule has 2 nitrogen and oxygen atoms in total. The van der Waals surface area contributed by atoms with Gasteiger partial charge in [0, 0.05) is 17.5 Å². The number of hydrogen-bond acceptors (Lipinski definition) is 3. The van der Waals surface area contributed by atoms with Crippen molar-refractivity contribution in [1.82, 2.24) is 4.37 Å². The first kappa shape index (κ1) is 8.20. The fourth-order valence-electron chi connectivity index (χ4n) is 1.90. The largest absolute Gasteiger partial charge is 0.392 e. The Bertz CT molecular complexity index is 235.